The van der Waals surface area contributed by atoms with Crippen LogP contribution in [0.1, 0.15) is 19.3 Å². The van der Waals surface area contributed by atoms with Gasteiger partial charge in [0.1, 0.15) is 0 Å². The first-order valence-corrected chi connectivity index (χ1v) is 4.85. The summed E-state index contributed by atoms with van der Waals surface area (Å²) in [4.78, 5) is 12.0. The molecule has 1 aliphatic heterocycles. The van der Waals surface area contributed by atoms with Gasteiger partial charge in [-0.25, -0.2) is 4.79 Å². The van der Waals surface area contributed by atoms with Crippen molar-refractivity contribution in [1.29, 1.82) is 0 Å². The summed E-state index contributed by atoms with van der Waals surface area (Å²) >= 11 is 0. The van der Waals surface area contributed by atoms with E-state index in [1.54, 1.807) is 0 Å². The van der Waals surface area contributed by atoms with Crippen LogP contribution < -0.4 is 0 Å². The van der Waals surface area contributed by atoms with E-state index < -0.39 is 6.09 Å². The minimum atomic E-state index is -0.822. The summed E-state index contributed by atoms with van der Waals surface area (Å²) in [7, 11) is 0. The van der Waals surface area contributed by atoms with E-state index >= 15 is 0 Å². The lowest BCUT2D eigenvalue weighted by Gasteiger charge is -2.12. The average molecular weight is 185 g/mol. The zero-order chi connectivity index (χ0) is 9.26. The zero-order valence-corrected chi connectivity index (χ0v) is 7.61. The van der Waals surface area contributed by atoms with E-state index in [9.17, 15) is 4.79 Å². The molecule has 0 spiro atoms. The number of carboxylic acid groups (broad SMARTS) is 1. The average Bonchev–Trinajstić information content (AvgIpc) is 2.79. The Hall–Kier alpha value is -0.770. The van der Waals surface area contributed by atoms with Crippen LogP contribution in [0.3, 0.4) is 0 Å². The molecule has 1 amide bonds. The van der Waals surface area contributed by atoms with E-state index in [0.717, 1.165) is 18.9 Å². The van der Waals surface area contributed by atoms with Crippen LogP contribution in [0, 0.1) is 5.92 Å². The number of likely N-dealkylation sites (tertiary alicyclic amines) is 1. The van der Waals surface area contributed by atoms with Gasteiger partial charge in [0.05, 0.1) is 12.6 Å². The normalized spacial score (nSPS) is 28.0. The van der Waals surface area contributed by atoms with Crippen LogP contribution >= 0.6 is 0 Å². The topological polar surface area (TPSA) is 49.8 Å². The molecule has 1 unspecified atom stereocenters. The first-order valence-electron chi connectivity index (χ1n) is 4.85. The van der Waals surface area contributed by atoms with E-state index in [2.05, 4.69) is 0 Å². The first kappa shape index (κ1) is 8.81. The summed E-state index contributed by atoms with van der Waals surface area (Å²) in [6.07, 6.45) is 2.76. The highest BCUT2D eigenvalue weighted by Gasteiger charge is 2.29. The van der Waals surface area contributed by atoms with Gasteiger partial charge in [-0.2, -0.15) is 0 Å². The van der Waals surface area contributed by atoms with Gasteiger partial charge in [-0.15, -0.1) is 0 Å². The fraction of sp³-hybridized carbons (Fsp3) is 0.889. The van der Waals surface area contributed by atoms with Crippen LogP contribution in [0.15, 0.2) is 0 Å². The molecule has 0 aromatic rings. The van der Waals surface area contributed by atoms with Crippen molar-refractivity contribution in [2.45, 2.75) is 25.4 Å². The minimum Gasteiger partial charge on any atom is -0.465 e. The summed E-state index contributed by atoms with van der Waals surface area (Å²) in [5.41, 5.74) is 0. The maximum absolute atomic E-state index is 10.6. The Morgan fingerprint density at radius 2 is 2.23 bits per heavy atom. The molecule has 4 nitrogen and oxygen atoms in total. The van der Waals surface area contributed by atoms with E-state index in [1.807, 2.05) is 0 Å². The standard InChI is InChI=1S/C9H15NO3/c11-9(12)10-4-3-8(5-10)13-6-7-1-2-7/h7-8H,1-6H2,(H,11,12). The molecule has 1 saturated carbocycles. The zero-order valence-electron chi connectivity index (χ0n) is 7.61. The Bertz CT molecular complexity index is 203. The van der Waals surface area contributed by atoms with Crippen LogP contribution in [0.5, 0.6) is 0 Å². The quantitative estimate of drug-likeness (QED) is 0.718. The van der Waals surface area contributed by atoms with Gasteiger partial charge in [0, 0.05) is 13.2 Å². The Morgan fingerprint density at radius 3 is 2.77 bits per heavy atom. The Kier molecular flexibility index (Phi) is 2.40. The third-order valence-electron chi connectivity index (χ3n) is 2.68. The smallest absolute Gasteiger partial charge is 0.407 e. The maximum atomic E-state index is 10.6. The molecule has 2 fully saturated rings. The van der Waals surface area contributed by atoms with Gasteiger partial charge >= 0.3 is 6.09 Å². The molecular weight excluding hydrogens is 170 g/mol. The number of ether oxygens (including phenoxy) is 1. The second kappa shape index (κ2) is 3.54. The van der Waals surface area contributed by atoms with Crippen molar-refractivity contribution in [2.24, 2.45) is 5.92 Å². The van der Waals surface area contributed by atoms with E-state index in [-0.39, 0.29) is 6.10 Å². The van der Waals surface area contributed by atoms with Gasteiger partial charge in [0.25, 0.3) is 0 Å². The van der Waals surface area contributed by atoms with E-state index in [4.69, 9.17) is 9.84 Å². The van der Waals surface area contributed by atoms with Crippen molar-refractivity contribution in [1.82, 2.24) is 4.90 Å². The van der Waals surface area contributed by atoms with E-state index in [0.29, 0.717) is 13.1 Å². The van der Waals surface area contributed by atoms with Crippen molar-refractivity contribution in [2.75, 3.05) is 19.7 Å². The first-order chi connectivity index (χ1) is 6.25. The van der Waals surface area contributed by atoms with Crippen LogP contribution in [0.4, 0.5) is 4.79 Å². The third kappa shape index (κ3) is 2.34. The number of hydrogen-bond donors (Lipinski definition) is 1. The number of nitrogens with zero attached hydrogens (tertiary/aromatic N) is 1. The highest BCUT2D eigenvalue weighted by Crippen LogP contribution is 2.29. The van der Waals surface area contributed by atoms with E-state index in [1.165, 1.54) is 17.7 Å². The summed E-state index contributed by atoms with van der Waals surface area (Å²) in [5, 5.41) is 8.69. The highest BCUT2D eigenvalue weighted by molar-refractivity contribution is 5.65. The van der Waals surface area contributed by atoms with Crippen molar-refractivity contribution in [3.05, 3.63) is 0 Å². The summed E-state index contributed by atoms with van der Waals surface area (Å²) < 4.78 is 5.60. The molecule has 2 rings (SSSR count). The molecule has 1 atom stereocenters. The number of rotatable bonds is 3. The lowest BCUT2D eigenvalue weighted by atomic mass is 10.3. The van der Waals surface area contributed by atoms with Crippen LogP contribution in [0.2, 0.25) is 0 Å². The molecule has 0 aromatic heterocycles. The molecule has 2 aliphatic rings. The fourth-order valence-electron chi connectivity index (χ4n) is 1.59. The molecule has 13 heavy (non-hydrogen) atoms. The lowest BCUT2D eigenvalue weighted by molar-refractivity contribution is 0.0516. The number of hydrogen-bond acceptors (Lipinski definition) is 2. The molecule has 0 aromatic carbocycles. The molecule has 1 N–H and O–H groups in total. The number of amides is 1. The predicted octanol–water partition coefficient (Wildman–Crippen LogP) is 1.17. The molecule has 0 bridgehead atoms. The second-order valence-corrected chi connectivity index (χ2v) is 3.92. The lowest BCUT2D eigenvalue weighted by Crippen LogP contribution is -2.28. The predicted molar refractivity (Wildman–Crippen MR) is 46.7 cm³/mol. The molecule has 1 heterocycles. The van der Waals surface area contributed by atoms with Crippen molar-refractivity contribution in [3.63, 3.8) is 0 Å². The van der Waals surface area contributed by atoms with Crippen molar-refractivity contribution in [3.8, 4) is 0 Å². The monoisotopic (exact) mass is 185 g/mol. The Morgan fingerprint density at radius 1 is 1.46 bits per heavy atom. The molecule has 74 valence electrons. The third-order valence-corrected chi connectivity index (χ3v) is 2.68. The van der Waals surface area contributed by atoms with Crippen molar-refractivity contribution >= 4 is 6.09 Å². The van der Waals surface area contributed by atoms with Crippen molar-refractivity contribution < 1.29 is 14.6 Å². The minimum absolute atomic E-state index is 0.150. The Labute approximate surface area is 77.5 Å². The van der Waals surface area contributed by atoms with Gasteiger partial charge in [-0.05, 0) is 25.2 Å². The SMILES string of the molecule is O=C(O)N1CCC(OCC2CC2)C1. The summed E-state index contributed by atoms with van der Waals surface area (Å²) in [6, 6.07) is 0. The van der Waals surface area contributed by atoms with Gasteiger partial charge in [-0.1, -0.05) is 0 Å². The summed E-state index contributed by atoms with van der Waals surface area (Å²) in [5.74, 6) is 0.763. The highest BCUT2D eigenvalue weighted by atomic mass is 16.5. The molecular formula is C9H15NO3. The summed E-state index contributed by atoms with van der Waals surface area (Å²) in [6.45, 7) is 2.02. The van der Waals surface area contributed by atoms with Gasteiger partial charge in [-0.3, -0.25) is 0 Å². The number of carbonyl (C=O) groups is 1. The van der Waals surface area contributed by atoms with Crippen LogP contribution in [-0.2, 0) is 4.74 Å². The van der Waals surface area contributed by atoms with Gasteiger partial charge < -0.3 is 14.7 Å². The Balaban J connectivity index is 1.67. The molecule has 4 heteroatoms. The largest absolute Gasteiger partial charge is 0.465 e. The molecule has 1 saturated heterocycles. The molecule has 1 aliphatic carbocycles. The van der Waals surface area contributed by atoms with Gasteiger partial charge in [0.2, 0.25) is 0 Å². The maximum Gasteiger partial charge on any atom is 0.407 e. The van der Waals surface area contributed by atoms with Crippen LogP contribution in [-0.4, -0.2) is 41.9 Å². The van der Waals surface area contributed by atoms with Crippen LogP contribution in [0.25, 0.3) is 0 Å². The second-order valence-electron chi connectivity index (χ2n) is 3.92. The fourth-order valence-corrected chi connectivity index (χ4v) is 1.59. The van der Waals surface area contributed by atoms with Gasteiger partial charge in [0.15, 0.2) is 0 Å². The molecule has 0 radical (unpaired) electrons.